The van der Waals surface area contributed by atoms with E-state index < -0.39 is 6.10 Å². The van der Waals surface area contributed by atoms with Crippen LogP contribution in [-0.2, 0) is 0 Å². The molecular weight excluding hydrogens is 140 g/mol. The minimum absolute atomic E-state index is 0.439. The number of hydrogen-bond acceptors (Lipinski definition) is 2. The van der Waals surface area contributed by atoms with Crippen LogP contribution in [0.4, 0.5) is 0 Å². The molecule has 11 heavy (non-hydrogen) atoms. The van der Waals surface area contributed by atoms with Gasteiger partial charge >= 0.3 is 0 Å². The van der Waals surface area contributed by atoms with Gasteiger partial charge in [-0.15, -0.1) is 0 Å². The van der Waals surface area contributed by atoms with Gasteiger partial charge in [0.05, 0.1) is 0 Å². The first-order valence-electron chi connectivity index (χ1n) is 4.00. The van der Waals surface area contributed by atoms with Crippen LogP contribution in [0.15, 0.2) is 12.4 Å². The standard InChI is InChI=1S/C8H12N2O/c1-6(11)8-9-4-5-10(8)7-2-3-7/h4-7,11H,2-3H2,1H3. The molecule has 0 aliphatic heterocycles. The second-order valence-corrected chi connectivity index (χ2v) is 3.10. The molecule has 1 heterocycles. The summed E-state index contributed by atoms with van der Waals surface area (Å²) in [5, 5.41) is 9.29. The first-order valence-corrected chi connectivity index (χ1v) is 4.00. The van der Waals surface area contributed by atoms with E-state index in [9.17, 15) is 5.11 Å². The minimum atomic E-state index is -0.439. The highest BCUT2D eigenvalue weighted by atomic mass is 16.3. The van der Waals surface area contributed by atoms with Crippen molar-refractivity contribution in [3.8, 4) is 0 Å². The van der Waals surface area contributed by atoms with E-state index in [1.807, 2.05) is 6.20 Å². The summed E-state index contributed by atoms with van der Waals surface area (Å²) in [7, 11) is 0. The number of aliphatic hydroxyl groups excluding tert-OH is 1. The molecule has 3 heteroatoms. The first-order chi connectivity index (χ1) is 5.29. The molecule has 1 atom stereocenters. The topological polar surface area (TPSA) is 38.1 Å². The van der Waals surface area contributed by atoms with Gasteiger partial charge in [-0.25, -0.2) is 4.98 Å². The average Bonchev–Trinajstić information content (AvgIpc) is 2.68. The van der Waals surface area contributed by atoms with Crippen LogP contribution >= 0.6 is 0 Å². The average molecular weight is 152 g/mol. The monoisotopic (exact) mass is 152 g/mol. The molecular formula is C8H12N2O. The molecule has 0 saturated heterocycles. The Bertz CT molecular complexity index is 234. The van der Waals surface area contributed by atoms with E-state index >= 15 is 0 Å². The fourth-order valence-electron chi connectivity index (χ4n) is 1.31. The summed E-state index contributed by atoms with van der Waals surface area (Å²) in [6.07, 6.45) is 5.72. The zero-order chi connectivity index (χ0) is 7.84. The lowest BCUT2D eigenvalue weighted by Crippen LogP contribution is -2.03. The van der Waals surface area contributed by atoms with Crippen molar-refractivity contribution in [2.75, 3.05) is 0 Å². The van der Waals surface area contributed by atoms with Crippen molar-refractivity contribution < 1.29 is 5.11 Å². The van der Waals surface area contributed by atoms with Crippen LogP contribution in [0.25, 0.3) is 0 Å². The van der Waals surface area contributed by atoms with E-state index in [2.05, 4.69) is 9.55 Å². The summed E-state index contributed by atoms with van der Waals surface area (Å²) in [5.41, 5.74) is 0. The van der Waals surface area contributed by atoms with Gasteiger partial charge in [0, 0.05) is 18.4 Å². The minimum Gasteiger partial charge on any atom is -0.385 e. The second-order valence-electron chi connectivity index (χ2n) is 3.10. The molecule has 1 aliphatic carbocycles. The van der Waals surface area contributed by atoms with E-state index in [-0.39, 0.29) is 0 Å². The van der Waals surface area contributed by atoms with Crippen LogP contribution in [0.2, 0.25) is 0 Å². The molecule has 60 valence electrons. The molecule has 0 amide bonds. The van der Waals surface area contributed by atoms with Gasteiger partial charge in [-0.05, 0) is 19.8 Å². The van der Waals surface area contributed by atoms with Crippen LogP contribution in [0, 0.1) is 0 Å². The molecule has 1 aromatic rings. The number of aliphatic hydroxyl groups is 1. The van der Waals surface area contributed by atoms with E-state index in [4.69, 9.17) is 0 Å². The van der Waals surface area contributed by atoms with Gasteiger partial charge < -0.3 is 9.67 Å². The number of rotatable bonds is 2. The fraction of sp³-hybridized carbons (Fsp3) is 0.625. The van der Waals surface area contributed by atoms with Crippen molar-refractivity contribution in [2.24, 2.45) is 0 Å². The van der Waals surface area contributed by atoms with Gasteiger partial charge in [0.1, 0.15) is 11.9 Å². The highest BCUT2D eigenvalue weighted by Crippen LogP contribution is 2.36. The Kier molecular flexibility index (Phi) is 1.46. The van der Waals surface area contributed by atoms with Gasteiger partial charge in [0.25, 0.3) is 0 Å². The van der Waals surface area contributed by atoms with Crippen molar-refractivity contribution in [3.05, 3.63) is 18.2 Å². The van der Waals surface area contributed by atoms with Gasteiger partial charge in [-0.1, -0.05) is 0 Å². The lowest BCUT2D eigenvalue weighted by molar-refractivity contribution is 0.183. The molecule has 1 unspecified atom stereocenters. The van der Waals surface area contributed by atoms with Crippen molar-refractivity contribution in [1.82, 2.24) is 9.55 Å². The number of hydrogen-bond donors (Lipinski definition) is 1. The molecule has 1 saturated carbocycles. The van der Waals surface area contributed by atoms with Crippen molar-refractivity contribution in [2.45, 2.75) is 31.9 Å². The Morgan fingerprint density at radius 3 is 3.00 bits per heavy atom. The van der Waals surface area contributed by atoms with Crippen molar-refractivity contribution in [1.29, 1.82) is 0 Å². The van der Waals surface area contributed by atoms with E-state index in [0.29, 0.717) is 6.04 Å². The van der Waals surface area contributed by atoms with Crippen molar-refractivity contribution in [3.63, 3.8) is 0 Å². The summed E-state index contributed by atoms with van der Waals surface area (Å²) in [4.78, 5) is 4.09. The Hall–Kier alpha value is -0.830. The van der Waals surface area contributed by atoms with E-state index in [1.54, 1.807) is 13.1 Å². The number of nitrogens with zero attached hydrogens (tertiary/aromatic N) is 2. The lowest BCUT2D eigenvalue weighted by atomic mass is 10.4. The molecule has 3 nitrogen and oxygen atoms in total. The first kappa shape index (κ1) is 6.85. The Balaban J connectivity index is 2.30. The number of aromatic nitrogens is 2. The maximum absolute atomic E-state index is 9.29. The van der Waals surface area contributed by atoms with Crippen LogP contribution in [0.5, 0.6) is 0 Å². The molecule has 2 rings (SSSR count). The summed E-state index contributed by atoms with van der Waals surface area (Å²) in [6.45, 7) is 1.75. The smallest absolute Gasteiger partial charge is 0.137 e. The third kappa shape index (κ3) is 1.16. The molecule has 1 aliphatic rings. The maximum Gasteiger partial charge on any atom is 0.137 e. The highest BCUT2D eigenvalue weighted by molar-refractivity contribution is 5.01. The quantitative estimate of drug-likeness (QED) is 0.693. The maximum atomic E-state index is 9.29. The summed E-state index contributed by atoms with van der Waals surface area (Å²) >= 11 is 0. The fourth-order valence-corrected chi connectivity index (χ4v) is 1.31. The lowest BCUT2D eigenvalue weighted by Gasteiger charge is -2.07. The molecule has 0 bridgehead atoms. The van der Waals surface area contributed by atoms with Crippen LogP contribution in [0.3, 0.4) is 0 Å². The largest absolute Gasteiger partial charge is 0.385 e. The van der Waals surface area contributed by atoms with Gasteiger partial charge in [-0.3, -0.25) is 0 Å². The highest BCUT2D eigenvalue weighted by Gasteiger charge is 2.26. The van der Waals surface area contributed by atoms with Crippen molar-refractivity contribution >= 4 is 0 Å². The molecule has 0 radical (unpaired) electrons. The predicted octanol–water partition coefficient (Wildman–Crippen LogP) is 1.27. The number of imidazole rings is 1. The van der Waals surface area contributed by atoms with Crippen LogP contribution in [0.1, 0.15) is 37.7 Å². The van der Waals surface area contributed by atoms with E-state index in [1.165, 1.54) is 12.8 Å². The third-order valence-electron chi connectivity index (χ3n) is 2.01. The van der Waals surface area contributed by atoms with Crippen LogP contribution in [-0.4, -0.2) is 14.7 Å². The predicted molar refractivity (Wildman–Crippen MR) is 41.1 cm³/mol. The summed E-state index contributed by atoms with van der Waals surface area (Å²) in [6, 6.07) is 0.613. The van der Waals surface area contributed by atoms with E-state index in [0.717, 1.165) is 5.82 Å². The Labute approximate surface area is 65.7 Å². The normalized spacial score (nSPS) is 20.2. The van der Waals surface area contributed by atoms with Gasteiger partial charge in [0.15, 0.2) is 0 Å². The Morgan fingerprint density at radius 2 is 2.45 bits per heavy atom. The van der Waals surface area contributed by atoms with Crippen LogP contribution < -0.4 is 0 Å². The molecule has 1 fully saturated rings. The summed E-state index contributed by atoms with van der Waals surface area (Å²) < 4.78 is 2.07. The zero-order valence-electron chi connectivity index (χ0n) is 6.57. The SMILES string of the molecule is CC(O)c1nccn1C1CC1. The molecule has 1 aromatic heterocycles. The van der Waals surface area contributed by atoms with Gasteiger partial charge in [0.2, 0.25) is 0 Å². The summed E-state index contributed by atoms with van der Waals surface area (Å²) in [5.74, 6) is 0.799. The molecule has 1 N–H and O–H groups in total. The van der Waals surface area contributed by atoms with Gasteiger partial charge in [-0.2, -0.15) is 0 Å². The second kappa shape index (κ2) is 2.34. The zero-order valence-corrected chi connectivity index (χ0v) is 6.57. The molecule has 0 spiro atoms. The third-order valence-corrected chi connectivity index (χ3v) is 2.01. The Morgan fingerprint density at radius 1 is 1.73 bits per heavy atom. The molecule has 0 aromatic carbocycles.